The quantitative estimate of drug-likeness (QED) is 0.642. The number of rotatable bonds is 8. The molecule has 0 amide bonds. The number of anilines is 3. The van der Waals surface area contributed by atoms with Gasteiger partial charge in [-0.1, -0.05) is 24.3 Å². The molecule has 26 heavy (non-hydrogen) atoms. The maximum atomic E-state index is 5.35. The molecule has 0 spiro atoms. The number of methoxy groups -OCH3 is 2. The van der Waals surface area contributed by atoms with Crippen molar-refractivity contribution in [3.63, 3.8) is 0 Å². The van der Waals surface area contributed by atoms with Gasteiger partial charge in [-0.3, -0.25) is 0 Å². The Hall–Kier alpha value is -3.28. The molecule has 0 aliphatic rings. The van der Waals surface area contributed by atoms with Crippen LogP contribution in [0.3, 0.4) is 0 Å². The van der Waals surface area contributed by atoms with Gasteiger partial charge in [-0.25, -0.2) is 9.97 Å². The topological polar surface area (TPSA) is 68.3 Å². The molecule has 2 aromatic carbocycles. The van der Waals surface area contributed by atoms with Crippen molar-refractivity contribution in [1.29, 1.82) is 0 Å². The Bertz CT molecular complexity index is 837. The lowest BCUT2D eigenvalue weighted by atomic mass is 10.1. The van der Waals surface area contributed by atoms with Gasteiger partial charge in [-0.15, -0.1) is 0 Å². The first-order valence-corrected chi connectivity index (χ1v) is 8.37. The zero-order valence-electron chi connectivity index (χ0n) is 14.9. The molecule has 134 valence electrons. The van der Waals surface area contributed by atoms with Crippen molar-refractivity contribution in [1.82, 2.24) is 9.97 Å². The number of nitrogens with zero attached hydrogens (tertiary/aromatic N) is 2. The van der Waals surface area contributed by atoms with Gasteiger partial charge in [0.2, 0.25) is 0 Å². The van der Waals surface area contributed by atoms with Crippen LogP contribution >= 0.6 is 0 Å². The molecule has 1 aromatic heterocycles. The molecule has 2 N–H and O–H groups in total. The molecule has 0 unspecified atom stereocenters. The van der Waals surface area contributed by atoms with E-state index in [0.29, 0.717) is 5.82 Å². The van der Waals surface area contributed by atoms with E-state index in [-0.39, 0.29) is 0 Å². The Morgan fingerprint density at radius 3 is 2.42 bits per heavy atom. The number of benzene rings is 2. The van der Waals surface area contributed by atoms with Crippen LogP contribution in [0.15, 0.2) is 60.9 Å². The molecule has 0 bridgehead atoms. The maximum Gasteiger partial charge on any atom is 0.142 e. The number of nitrogens with one attached hydrogen (secondary N) is 2. The van der Waals surface area contributed by atoms with Gasteiger partial charge in [0.15, 0.2) is 0 Å². The second-order valence-corrected chi connectivity index (χ2v) is 5.64. The van der Waals surface area contributed by atoms with E-state index in [1.54, 1.807) is 14.2 Å². The van der Waals surface area contributed by atoms with Crippen LogP contribution in [0.1, 0.15) is 5.56 Å². The number of ether oxygens (including phenoxy) is 2. The fourth-order valence-electron chi connectivity index (χ4n) is 2.54. The summed E-state index contributed by atoms with van der Waals surface area (Å²) in [6.45, 7) is 0.775. The smallest absolute Gasteiger partial charge is 0.142 e. The third kappa shape index (κ3) is 4.63. The number of aromatic nitrogens is 2. The molecule has 0 saturated heterocycles. The summed E-state index contributed by atoms with van der Waals surface area (Å²) < 4.78 is 10.5. The van der Waals surface area contributed by atoms with Gasteiger partial charge in [0.25, 0.3) is 0 Å². The highest BCUT2D eigenvalue weighted by Gasteiger charge is 2.04. The molecule has 0 saturated carbocycles. The fraction of sp³-hybridized carbons (Fsp3) is 0.200. The summed E-state index contributed by atoms with van der Waals surface area (Å²) in [7, 11) is 3.31. The normalized spacial score (nSPS) is 10.2. The first-order valence-electron chi connectivity index (χ1n) is 8.37. The number of para-hydroxylation sites is 2. The zero-order chi connectivity index (χ0) is 18.2. The van der Waals surface area contributed by atoms with E-state index in [2.05, 4.69) is 32.7 Å². The highest BCUT2D eigenvalue weighted by molar-refractivity contribution is 5.65. The maximum absolute atomic E-state index is 5.35. The van der Waals surface area contributed by atoms with Crippen LogP contribution in [0.4, 0.5) is 17.3 Å². The van der Waals surface area contributed by atoms with E-state index in [0.717, 1.165) is 36.0 Å². The molecule has 0 radical (unpaired) electrons. The van der Waals surface area contributed by atoms with Crippen molar-refractivity contribution in [3.8, 4) is 11.5 Å². The molecule has 0 fully saturated rings. The van der Waals surface area contributed by atoms with E-state index in [9.17, 15) is 0 Å². The SMILES string of the molecule is COc1ccc(CCNc2cc(Nc3ccccc3OC)ncn2)cc1. The Labute approximate surface area is 153 Å². The third-order valence-corrected chi connectivity index (χ3v) is 3.92. The monoisotopic (exact) mass is 350 g/mol. The minimum absolute atomic E-state index is 0.705. The minimum Gasteiger partial charge on any atom is -0.497 e. The Morgan fingerprint density at radius 2 is 1.65 bits per heavy atom. The molecular formula is C20H22N4O2. The van der Waals surface area contributed by atoms with Gasteiger partial charge < -0.3 is 20.1 Å². The summed E-state index contributed by atoms with van der Waals surface area (Å²) in [6.07, 6.45) is 2.43. The van der Waals surface area contributed by atoms with Crippen LogP contribution < -0.4 is 20.1 Å². The molecule has 3 aromatic rings. The van der Waals surface area contributed by atoms with E-state index < -0.39 is 0 Å². The number of hydrogen-bond donors (Lipinski definition) is 2. The molecule has 0 atom stereocenters. The second-order valence-electron chi connectivity index (χ2n) is 5.64. The van der Waals surface area contributed by atoms with Crippen molar-refractivity contribution in [2.45, 2.75) is 6.42 Å². The van der Waals surface area contributed by atoms with Crippen molar-refractivity contribution in [2.24, 2.45) is 0 Å². The van der Waals surface area contributed by atoms with Crippen LogP contribution in [-0.2, 0) is 6.42 Å². The summed E-state index contributed by atoms with van der Waals surface area (Å²) in [5.74, 6) is 3.10. The Morgan fingerprint density at radius 1 is 0.885 bits per heavy atom. The lowest BCUT2D eigenvalue weighted by Crippen LogP contribution is -2.07. The second kappa shape index (κ2) is 8.71. The summed E-state index contributed by atoms with van der Waals surface area (Å²) >= 11 is 0. The van der Waals surface area contributed by atoms with Gasteiger partial charge in [-0.05, 0) is 36.2 Å². The van der Waals surface area contributed by atoms with Crippen molar-refractivity contribution < 1.29 is 9.47 Å². The van der Waals surface area contributed by atoms with E-state index in [1.807, 2.05) is 42.5 Å². The first-order chi connectivity index (χ1) is 12.8. The summed E-state index contributed by atoms with van der Waals surface area (Å²) in [4.78, 5) is 8.53. The first kappa shape index (κ1) is 17.5. The molecule has 3 rings (SSSR count). The van der Waals surface area contributed by atoms with Gasteiger partial charge in [0.1, 0.15) is 29.5 Å². The molecule has 1 heterocycles. The standard InChI is InChI=1S/C20H22N4O2/c1-25-16-9-7-15(8-10-16)11-12-21-19-13-20(23-14-22-19)24-17-5-3-4-6-18(17)26-2/h3-10,13-14H,11-12H2,1-2H3,(H2,21,22,23,24). The van der Waals surface area contributed by atoms with Crippen LogP contribution in [0.5, 0.6) is 11.5 Å². The van der Waals surface area contributed by atoms with Crippen LogP contribution in [0.2, 0.25) is 0 Å². The summed E-state index contributed by atoms with van der Waals surface area (Å²) in [5.41, 5.74) is 2.10. The average Bonchev–Trinajstić information content (AvgIpc) is 2.69. The molecule has 0 aliphatic carbocycles. The predicted molar refractivity (Wildman–Crippen MR) is 103 cm³/mol. The van der Waals surface area contributed by atoms with Crippen LogP contribution in [0, 0.1) is 0 Å². The molecule has 6 nitrogen and oxygen atoms in total. The van der Waals surface area contributed by atoms with Gasteiger partial charge in [-0.2, -0.15) is 0 Å². The van der Waals surface area contributed by atoms with E-state index in [1.165, 1.54) is 11.9 Å². The molecule has 6 heteroatoms. The Balaban J connectivity index is 1.58. The van der Waals surface area contributed by atoms with Gasteiger partial charge in [0.05, 0.1) is 19.9 Å². The summed E-state index contributed by atoms with van der Waals surface area (Å²) in [6, 6.07) is 17.7. The summed E-state index contributed by atoms with van der Waals surface area (Å²) in [5, 5.41) is 6.58. The predicted octanol–water partition coefficient (Wildman–Crippen LogP) is 3.89. The fourth-order valence-corrected chi connectivity index (χ4v) is 2.54. The van der Waals surface area contributed by atoms with E-state index >= 15 is 0 Å². The van der Waals surface area contributed by atoms with Gasteiger partial charge in [0, 0.05) is 12.6 Å². The highest BCUT2D eigenvalue weighted by atomic mass is 16.5. The third-order valence-electron chi connectivity index (χ3n) is 3.92. The lowest BCUT2D eigenvalue weighted by molar-refractivity contribution is 0.414. The van der Waals surface area contributed by atoms with Crippen LogP contribution in [-0.4, -0.2) is 30.7 Å². The van der Waals surface area contributed by atoms with Crippen molar-refractivity contribution >= 4 is 17.3 Å². The van der Waals surface area contributed by atoms with Crippen molar-refractivity contribution in [3.05, 3.63) is 66.5 Å². The zero-order valence-corrected chi connectivity index (χ0v) is 14.9. The lowest BCUT2D eigenvalue weighted by Gasteiger charge is -2.11. The minimum atomic E-state index is 0.705. The highest BCUT2D eigenvalue weighted by Crippen LogP contribution is 2.26. The Kier molecular flexibility index (Phi) is 5.88. The largest absolute Gasteiger partial charge is 0.497 e. The number of hydrogen-bond acceptors (Lipinski definition) is 6. The van der Waals surface area contributed by atoms with Crippen molar-refractivity contribution in [2.75, 3.05) is 31.4 Å². The molecule has 0 aliphatic heterocycles. The average molecular weight is 350 g/mol. The van der Waals surface area contributed by atoms with E-state index in [4.69, 9.17) is 9.47 Å². The molecular weight excluding hydrogens is 328 g/mol. The van der Waals surface area contributed by atoms with Crippen LogP contribution in [0.25, 0.3) is 0 Å². The van der Waals surface area contributed by atoms with Gasteiger partial charge >= 0.3 is 0 Å².